The van der Waals surface area contributed by atoms with Crippen molar-refractivity contribution in [1.82, 2.24) is 9.80 Å². The van der Waals surface area contributed by atoms with Gasteiger partial charge >= 0.3 is 0 Å². The number of ketones is 1. The molecule has 1 aliphatic heterocycles. The monoisotopic (exact) mass is 387 g/mol. The molecule has 1 amide bonds. The average Bonchev–Trinajstić information content (AvgIpc) is 2.67. The van der Waals surface area contributed by atoms with E-state index in [1.807, 2.05) is 4.90 Å². The molecular weight excluding hydrogens is 361 g/mol. The van der Waals surface area contributed by atoms with Gasteiger partial charge in [0.25, 0.3) is 0 Å². The highest BCUT2D eigenvalue weighted by Gasteiger charge is 2.27. The van der Waals surface area contributed by atoms with Crippen LogP contribution in [0.4, 0.5) is 4.39 Å². The summed E-state index contributed by atoms with van der Waals surface area (Å²) in [5.41, 5.74) is 1.13. The molecule has 0 spiro atoms. The van der Waals surface area contributed by atoms with Gasteiger partial charge in [-0.25, -0.2) is 4.39 Å². The molecule has 1 fully saturated rings. The van der Waals surface area contributed by atoms with Crippen molar-refractivity contribution in [2.45, 2.75) is 25.7 Å². The Morgan fingerprint density at radius 2 is 1.89 bits per heavy atom. The molecule has 1 aliphatic carbocycles. The van der Waals surface area contributed by atoms with Gasteiger partial charge in [-0.05, 0) is 23.6 Å². The van der Waals surface area contributed by atoms with E-state index >= 15 is 0 Å². The van der Waals surface area contributed by atoms with Gasteiger partial charge in [-0.3, -0.25) is 19.5 Å². The molecule has 1 unspecified atom stereocenters. The van der Waals surface area contributed by atoms with E-state index in [1.54, 1.807) is 19.1 Å². The molecule has 0 aromatic heterocycles. The van der Waals surface area contributed by atoms with E-state index in [-0.39, 0.29) is 41.2 Å². The standard InChI is InChI=1S/C21H26FN3O3/c1-15(26)25-10-8-24(9-11-25)7-6-23-14-19-20(27)12-17(13-21(19)28)16-2-4-18(22)5-3-16/h2-5,14,17,27H,6-13H2,1H3. The number of aliphatic hydroxyl groups excluding tert-OH is 1. The molecule has 0 saturated carbocycles. The number of aliphatic imine (C=N–C) groups is 1. The summed E-state index contributed by atoms with van der Waals surface area (Å²) in [5, 5.41) is 10.3. The fraction of sp³-hybridized carbons (Fsp3) is 0.476. The maximum Gasteiger partial charge on any atom is 0.219 e. The highest BCUT2D eigenvalue weighted by atomic mass is 19.1. The summed E-state index contributed by atoms with van der Waals surface area (Å²) in [6, 6.07) is 6.05. The van der Waals surface area contributed by atoms with E-state index in [4.69, 9.17) is 0 Å². The Kier molecular flexibility index (Phi) is 6.57. The summed E-state index contributed by atoms with van der Waals surface area (Å²) in [5.74, 6) is -0.444. The van der Waals surface area contributed by atoms with Gasteiger partial charge < -0.3 is 10.0 Å². The number of Topliss-reactive ketones (excluding diaryl/α,β-unsaturated/α-hetero) is 1. The van der Waals surface area contributed by atoms with Crippen LogP contribution in [0.5, 0.6) is 0 Å². The fourth-order valence-corrected chi connectivity index (χ4v) is 3.67. The third-order valence-corrected chi connectivity index (χ3v) is 5.41. The SMILES string of the molecule is CC(=O)N1CCN(CCN=CC2=C(O)CC(c3ccc(F)cc3)CC2=O)CC1. The predicted molar refractivity (Wildman–Crippen MR) is 105 cm³/mol. The van der Waals surface area contributed by atoms with Crippen LogP contribution in [0.2, 0.25) is 0 Å². The van der Waals surface area contributed by atoms with Crippen molar-refractivity contribution >= 4 is 17.9 Å². The van der Waals surface area contributed by atoms with Crippen LogP contribution in [-0.2, 0) is 9.59 Å². The van der Waals surface area contributed by atoms with Crippen molar-refractivity contribution in [2.75, 3.05) is 39.3 Å². The lowest BCUT2D eigenvalue weighted by Gasteiger charge is -2.33. The van der Waals surface area contributed by atoms with Crippen molar-refractivity contribution in [2.24, 2.45) is 4.99 Å². The van der Waals surface area contributed by atoms with Crippen LogP contribution in [0, 0.1) is 5.82 Å². The Morgan fingerprint density at radius 3 is 2.50 bits per heavy atom. The van der Waals surface area contributed by atoms with Crippen molar-refractivity contribution in [3.05, 3.63) is 47.0 Å². The summed E-state index contributed by atoms with van der Waals surface area (Å²) in [7, 11) is 0. The van der Waals surface area contributed by atoms with Gasteiger partial charge in [-0.2, -0.15) is 0 Å². The number of allylic oxidation sites excluding steroid dienone is 2. The van der Waals surface area contributed by atoms with Crippen LogP contribution in [0.1, 0.15) is 31.2 Å². The molecule has 3 rings (SSSR count). The number of aliphatic hydroxyl groups is 1. The van der Waals surface area contributed by atoms with Crippen LogP contribution in [0.3, 0.4) is 0 Å². The van der Waals surface area contributed by atoms with Gasteiger partial charge in [-0.15, -0.1) is 0 Å². The Labute approximate surface area is 164 Å². The van der Waals surface area contributed by atoms with E-state index < -0.39 is 0 Å². The number of nitrogens with zero attached hydrogens (tertiary/aromatic N) is 3. The summed E-state index contributed by atoms with van der Waals surface area (Å²) in [6.45, 7) is 5.97. The van der Waals surface area contributed by atoms with E-state index in [0.29, 0.717) is 13.0 Å². The lowest BCUT2D eigenvalue weighted by Crippen LogP contribution is -2.48. The summed E-state index contributed by atoms with van der Waals surface area (Å²) in [6.07, 6.45) is 2.11. The van der Waals surface area contributed by atoms with Gasteiger partial charge in [0.2, 0.25) is 5.91 Å². The normalized spacial score (nSPS) is 21.6. The molecule has 0 radical (unpaired) electrons. The number of hydrogen-bond acceptors (Lipinski definition) is 5. The summed E-state index contributed by atoms with van der Waals surface area (Å²) >= 11 is 0. The smallest absolute Gasteiger partial charge is 0.219 e. The second kappa shape index (κ2) is 9.10. The predicted octanol–water partition coefficient (Wildman–Crippen LogP) is 2.32. The summed E-state index contributed by atoms with van der Waals surface area (Å²) in [4.78, 5) is 32.1. The molecule has 1 saturated heterocycles. The Balaban J connectivity index is 1.51. The van der Waals surface area contributed by atoms with Crippen molar-refractivity contribution in [3.63, 3.8) is 0 Å². The molecule has 28 heavy (non-hydrogen) atoms. The Bertz CT molecular complexity index is 781. The third-order valence-electron chi connectivity index (χ3n) is 5.41. The van der Waals surface area contributed by atoms with Gasteiger partial charge in [0.05, 0.1) is 12.1 Å². The van der Waals surface area contributed by atoms with E-state index in [0.717, 1.165) is 38.3 Å². The molecular formula is C21H26FN3O3. The molecule has 7 heteroatoms. The lowest BCUT2D eigenvalue weighted by molar-refractivity contribution is -0.130. The molecule has 1 aromatic rings. The van der Waals surface area contributed by atoms with Crippen LogP contribution >= 0.6 is 0 Å². The van der Waals surface area contributed by atoms with Crippen LogP contribution in [0.15, 0.2) is 40.6 Å². The minimum Gasteiger partial charge on any atom is -0.511 e. The maximum atomic E-state index is 13.1. The topological polar surface area (TPSA) is 73.2 Å². The zero-order valence-corrected chi connectivity index (χ0v) is 16.1. The van der Waals surface area contributed by atoms with Gasteiger partial charge in [0.1, 0.15) is 11.6 Å². The van der Waals surface area contributed by atoms with Gasteiger partial charge in [-0.1, -0.05) is 12.1 Å². The van der Waals surface area contributed by atoms with E-state index in [9.17, 15) is 19.1 Å². The number of carbonyl (C=O) groups excluding carboxylic acids is 2. The zero-order valence-electron chi connectivity index (χ0n) is 16.1. The Hall–Kier alpha value is -2.54. The highest BCUT2D eigenvalue weighted by Crippen LogP contribution is 2.33. The van der Waals surface area contributed by atoms with Crippen LogP contribution < -0.4 is 0 Å². The van der Waals surface area contributed by atoms with Gasteiger partial charge in [0, 0.05) is 58.7 Å². The van der Waals surface area contributed by atoms with Crippen molar-refractivity contribution < 1.29 is 19.1 Å². The molecule has 1 heterocycles. The molecule has 1 N–H and O–H groups in total. The number of halogens is 1. The van der Waals surface area contributed by atoms with Gasteiger partial charge in [0.15, 0.2) is 5.78 Å². The van der Waals surface area contributed by atoms with Crippen molar-refractivity contribution in [1.29, 1.82) is 0 Å². The third kappa shape index (κ3) is 5.04. The fourth-order valence-electron chi connectivity index (χ4n) is 3.67. The number of rotatable bonds is 5. The quantitative estimate of drug-likeness (QED) is 0.787. The second-order valence-corrected chi connectivity index (χ2v) is 7.32. The highest BCUT2D eigenvalue weighted by molar-refractivity contribution is 6.14. The number of carbonyl (C=O) groups is 2. The molecule has 1 aromatic carbocycles. The van der Waals surface area contributed by atoms with Crippen LogP contribution in [0.25, 0.3) is 0 Å². The van der Waals surface area contributed by atoms with Crippen LogP contribution in [-0.4, -0.2) is 72.1 Å². The first-order valence-corrected chi connectivity index (χ1v) is 9.62. The summed E-state index contributed by atoms with van der Waals surface area (Å²) < 4.78 is 13.1. The van der Waals surface area contributed by atoms with Crippen molar-refractivity contribution in [3.8, 4) is 0 Å². The second-order valence-electron chi connectivity index (χ2n) is 7.32. The van der Waals surface area contributed by atoms with E-state index in [2.05, 4.69) is 9.89 Å². The average molecular weight is 387 g/mol. The van der Waals surface area contributed by atoms with E-state index in [1.165, 1.54) is 18.3 Å². The molecule has 150 valence electrons. The lowest BCUT2D eigenvalue weighted by atomic mass is 9.83. The Morgan fingerprint density at radius 1 is 1.21 bits per heavy atom. The largest absolute Gasteiger partial charge is 0.511 e. The maximum absolute atomic E-state index is 13.1. The number of hydrogen-bond donors (Lipinski definition) is 1. The molecule has 1 atom stereocenters. The minimum absolute atomic E-state index is 0.0457. The first kappa shape index (κ1) is 20.2. The number of benzene rings is 1. The molecule has 6 nitrogen and oxygen atoms in total. The first-order chi connectivity index (χ1) is 13.4. The molecule has 0 bridgehead atoms. The minimum atomic E-state index is -0.318. The molecule has 2 aliphatic rings. The number of piperazine rings is 1. The first-order valence-electron chi connectivity index (χ1n) is 9.62. The number of amides is 1. The zero-order chi connectivity index (χ0) is 20.1.